The molecule has 0 saturated heterocycles. The minimum atomic E-state index is 0.0164. The highest BCUT2D eigenvalue weighted by Gasteiger charge is 2.10. The first-order chi connectivity index (χ1) is 10.3. The Labute approximate surface area is 132 Å². The molecule has 4 heteroatoms. The number of nitrogens with one attached hydrogen (secondary N) is 1. The highest BCUT2D eigenvalue weighted by Crippen LogP contribution is 2.23. The van der Waals surface area contributed by atoms with E-state index in [1.807, 2.05) is 24.3 Å². The van der Waals surface area contributed by atoms with Gasteiger partial charge < -0.3 is 10.1 Å². The van der Waals surface area contributed by atoms with Crippen LogP contribution in [0.1, 0.15) is 49.9 Å². The topological polar surface area (TPSA) is 38.3 Å². The first-order valence-electron chi connectivity index (χ1n) is 7.87. The molecule has 1 aromatic carbocycles. The van der Waals surface area contributed by atoms with Gasteiger partial charge in [-0.15, -0.1) is 11.8 Å². The van der Waals surface area contributed by atoms with Gasteiger partial charge in [-0.2, -0.15) is 0 Å². The van der Waals surface area contributed by atoms with Gasteiger partial charge in [-0.25, -0.2) is 0 Å². The van der Waals surface area contributed by atoms with Gasteiger partial charge in [0.25, 0.3) is 5.91 Å². The molecule has 0 saturated carbocycles. The molecule has 0 aliphatic rings. The van der Waals surface area contributed by atoms with Crippen molar-refractivity contribution in [2.45, 2.75) is 44.4 Å². The van der Waals surface area contributed by atoms with Crippen LogP contribution in [0.25, 0.3) is 0 Å². The van der Waals surface area contributed by atoms with E-state index in [1.165, 1.54) is 0 Å². The Balaban J connectivity index is 2.31. The number of ether oxygens (including phenoxy) is 1. The van der Waals surface area contributed by atoms with Crippen molar-refractivity contribution in [1.82, 2.24) is 5.32 Å². The number of amides is 1. The summed E-state index contributed by atoms with van der Waals surface area (Å²) in [6, 6.07) is 7.81. The molecular formula is C17H27NO2S. The van der Waals surface area contributed by atoms with E-state index < -0.39 is 0 Å². The summed E-state index contributed by atoms with van der Waals surface area (Å²) < 4.78 is 5.48. The van der Waals surface area contributed by atoms with Gasteiger partial charge in [-0.1, -0.05) is 32.4 Å². The van der Waals surface area contributed by atoms with Crippen LogP contribution in [0, 0.1) is 0 Å². The van der Waals surface area contributed by atoms with Gasteiger partial charge in [0, 0.05) is 24.7 Å². The quantitative estimate of drug-likeness (QED) is 0.493. The first-order valence-corrected chi connectivity index (χ1v) is 8.85. The second-order valence-corrected chi connectivity index (χ2v) is 6.06. The van der Waals surface area contributed by atoms with Crippen LogP contribution in [-0.2, 0) is 4.74 Å². The molecule has 1 amide bonds. The molecule has 0 unspecified atom stereocenters. The van der Waals surface area contributed by atoms with Gasteiger partial charge in [0.1, 0.15) is 0 Å². The Morgan fingerprint density at radius 1 is 1.14 bits per heavy atom. The molecule has 0 aliphatic heterocycles. The number of hydrogen-bond acceptors (Lipinski definition) is 3. The third-order valence-corrected chi connectivity index (χ3v) is 4.27. The minimum absolute atomic E-state index is 0.0164. The van der Waals surface area contributed by atoms with E-state index in [2.05, 4.69) is 19.2 Å². The molecule has 21 heavy (non-hydrogen) atoms. The van der Waals surface area contributed by atoms with Crippen molar-refractivity contribution in [1.29, 1.82) is 0 Å². The van der Waals surface area contributed by atoms with Crippen LogP contribution >= 0.6 is 11.8 Å². The lowest BCUT2D eigenvalue weighted by Crippen LogP contribution is -2.25. The summed E-state index contributed by atoms with van der Waals surface area (Å²) >= 11 is 1.74. The van der Waals surface area contributed by atoms with Crippen LogP contribution in [-0.4, -0.2) is 31.4 Å². The van der Waals surface area contributed by atoms with Crippen molar-refractivity contribution in [3.05, 3.63) is 29.8 Å². The standard InChI is InChI=1S/C17H27NO2S/c1-3-5-12-20-13-8-11-18-17(19)15-9-6-7-10-16(15)21-14-4-2/h6-7,9-10H,3-5,8,11-14H2,1-2H3,(H,18,19). The smallest absolute Gasteiger partial charge is 0.252 e. The van der Waals surface area contributed by atoms with Crippen molar-refractivity contribution in [3.63, 3.8) is 0 Å². The van der Waals surface area contributed by atoms with E-state index in [-0.39, 0.29) is 5.91 Å². The predicted molar refractivity (Wildman–Crippen MR) is 90.1 cm³/mol. The molecule has 3 nitrogen and oxygen atoms in total. The number of carbonyl (C=O) groups excluding carboxylic acids is 1. The maximum Gasteiger partial charge on any atom is 0.252 e. The molecule has 0 spiro atoms. The maximum absolute atomic E-state index is 12.2. The SMILES string of the molecule is CCCCOCCCNC(=O)c1ccccc1SCCC. The second-order valence-electron chi connectivity index (χ2n) is 4.92. The fraction of sp³-hybridized carbons (Fsp3) is 0.588. The number of carbonyl (C=O) groups is 1. The Morgan fingerprint density at radius 3 is 2.67 bits per heavy atom. The highest BCUT2D eigenvalue weighted by molar-refractivity contribution is 7.99. The Bertz CT molecular complexity index is 410. The lowest BCUT2D eigenvalue weighted by Gasteiger charge is -2.09. The van der Waals surface area contributed by atoms with Crippen LogP contribution in [0.5, 0.6) is 0 Å². The Hall–Kier alpha value is -1.00. The Morgan fingerprint density at radius 2 is 1.90 bits per heavy atom. The molecule has 1 N–H and O–H groups in total. The average molecular weight is 309 g/mol. The molecule has 0 atom stereocenters. The zero-order valence-electron chi connectivity index (χ0n) is 13.2. The molecule has 0 aromatic heterocycles. The monoisotopic (exact) mass is 309 g/mol. The summed E-state index contributed by atoms with van der Waals surface area (Å²) in [5, 5.41) is 2.97. The molecule has 0 radical (unpaired) electrons. The molecule has 118 valence electrons. The molecule has 0 fully saturated rings. The number of benzene rings is 1. The summed E-state index contributed by atoms with van der Waals surface area (Å²) in [5.74, 6) is 1.05. The predicted octanol–water partition coefficient (Wildman–Crippen LogP) is 4.13. The van der Waals surface area contributed by atoms with Crippen molar-refractivity contribution < 1.29 is 9.53 Å². The van der Waals surface area contributed by atoms with Crippen LogP contribution in [0.4, 0.5) is 0 Å². The second kappa shape index (κ2) is 11.6. The number of hydrogen-bond donors (Lipinski definition) is 1. The summed E-state index contributed by atoms with van der Waals surface area (Å²) in [6.07, 6.45) is 4.23. The van der Waals surface area contributed by atoms with Crippen LogP contribution in [0.3, 0.4) is 0 Å². The van der Waals surface area contributed by atoms with Crippen LogP contribution in [0.2, 0.25) is 0 Å². The van der Waals surface area contributed by atoms with E-state index in [0.717, 1.165) is 48.5 Å². The normalized spacial score (nSPS) is 10.6. The van der Waals surface area contributed by atoms with Gasteiger partial charge in [0.05, 0.1) is 5.56 Å². The zero-order chi connectivity index (χ0) is 15.3. The highest BCUT2D eigenvalue weighted by atomic mass is 32.2. The fourth-order valence-electron chi connectivity index (χ4n) is 1.81. The summed E-state index contributed by atoms with van der Waals surface area (Å²) in [4.78, 5) is 13.3. The molecular weight excluding hydrogens is 282 g/mol. The van der Waals surface area contributed by atoms with Gasteiger partial charge >= 0.3 is 0 Å². The maximum atomic E-state index is 12.2. The lowest BCUT2D eigenvalue weighted by atomic mass is 10.2. The third-order valence-electron chi connectivity index (χ3n) is 2.99. The summed E-state index contributed by atoms with van der Waals surface area (Å²) in [5.41, 5.74) is 0.780. The van der Waals surface area contributed by atoms with Crippen LogP contribution in [0.15, 0.2) is 29.2 Å². The molecule has 0 heterocycles. The number of thioether (sulfide) groups is 1. The molecule has 1 aromatic rings. The summed E-state index contributed by atoms with van der Waals surface area (Å²) in [6.45, 7) is 6.50. The van der Waals surface area contributed by atoms with Crippen molar-refractivity contribution >= 4 is 17.7 Å². The van der Waals surface area contributed by atoms with Gasteiger partial charge in [0.2, 0.25) is 0 Å². The van der Waals surface area contributed by atoms with E-state index in [9.17, 15) is 4.79 Å². The lowest BCUT2D eigenvalue weighted by molar-refractivity contribution is 0.0937. The van der Waals surface area contributed by atoms with E-state index >= 15 is 0 Å². The third kappa shape index (κ3) is 7.53. The molecule has 0 bridgehead atoms. The fourth-order valence-corrected chi connectivity index (χ4v) is 2.73. The Kier molecular flexibility index (Phi) is 10.0. The van der Waals surface area contributed by atoms with Gasteiger partial charge in [0.15, 0.2) is 0 Å². The molecule has 0 aliphatic carbocycles. The zero-order valence-corrected chi connectivity index (χ0v) is 14.0. The van der Waals surface area contributed by atoms with Crippen molar-refractivity contribution in [2.75, 3.05) is 25.5 Å². The average Bonchev–Trinajstić information content (AvgIpc) is 2.52. The first kappa shape index (κ1) is 18.1. The van der Waals surface area contributed by atoms with Gasteiger partial charge in [-0.3, -0.25) is 4.79 Å². The summed E-state index contributed by atoms with van der Waals surface area (Å²) in [7, 11) is 0. The van der Waals surface area contributed by atoms with E-state index in [0.29, 0.717) is 13.2 Å². The number of rotatable bonds is 11. The largest absolute Gasteiger partial charge is 0.381 e. The van der Waals surface area contributed by atoms with Crippen molar-refractivity contribution in [2.24, 2.45) is 0 Å². The van der Waals surface area contributed by atoms with Gasteiger partial charge in [-0.05, 0) is 37.1 Å². The van der Waals surface area contributed by atoms with E-state index in [4.69, 9.17) is 4.74 Å². The van der Waals surface area contributed by atoms with Crippen molar-refractivity contribution in [3.8, 4) is 0 Å². The van der Waals surface area contributed by atoms with E-state index in [1.54, 1.807) is 11.8 Å². The molecule has 1 rings (SSSR count). The van der Waals surface area contributed by atoms with Crippen LogP contribution < -0.4 is 5.32 Å². The minimum Gasteiger partial charge on any atom is -0.381 e. The number of unbranched alkanes of at least 4 members (excludes halogenated alkanes) is 1.